The summed E-state index contributed by atoms with van der Waals surface area (Å²) in [5, 5.41) is 14.7. The van der Waals surface area contributed by atoms with Crippen molar-refractivity contribution in [2.75, 3.05) is 11.9 Å². The summed E-state index contributed by atoms with van der Waals surface area (Å²) in [6.07, 6.45) is 6.13. The number of nitro groups is 1. The molecule has 0 atom stereocenters. The lowest BCUT2D eigenvalue weighted by atomic mass is 10.0. The SMILES string of the molecule is O=C(c1ccccc1)c1ccc(NCCc2cn3c(n2)CCCC3)c([N+](=O)[O-])c1. The van der Waals surface area contributed by atoms with Gasteiger partial charge in [0, 0.05) is 49.3 Å². The molecule has 148 valence electrons. The van der Waals surface area contributed by atoms with E-state index in [0.717, 1.165) is 24.5 Å². The van der Waals surface area contributed by atoms with Crippen LogP contribution in [-0.4, -0.2) is 26.8 Å². The molecule has 2 heterocycles. The highest BCUT2D eigenvalue weighted by Crippen LogP contribution is 2.27. The van der Waals surface area contributed by atoms with Crippen LogP contribution >= 0.6 is 0 Å². The summed E-state index contributed by atoms with van der Waals surface area (Å²) in [6, 6.07) is 13.3. The van der Waals surface area contributed by atoms with Crippen molar-refractivity contribution in [1.29, 1.82) is 0 Å². The van der Waals surface area contributed by atoms with E-state index in [9.17, 15) is 14.9 Å². The number of rotatable bonds is 7. The minimum atomic E-state index is -0.459. The Bertz CT molecular complexity index is 1020. The first-order chi connectivity index (χ1) is 14.1. The fraction of sp³-hybridized carbons (Fsp3) is 0.273. The number of fused-ring (bicyclic) bond motifs is 1. The molecule has 0 unspecified atom stereocenters. The highest BCUT2D eigenvalue weighted by Gasteiger charge is 2.19. The van der Waals surface area contributed by atoms with Gasteiger partial charge in [0.2, 0.25) is 0 Å². The van der Waals surface area contributed by atoms with Crippen molar-refractivity contribution in [2.45, 2.75) is 32.2 Å². The van der Waals surface area contributed by atoms with E-state index in [2.05, 4.69) is 21.1 Å². The largest absolute Gasteiger partial charge is 0.379 e. The van der Waals surface area contributed by atoms with Crippen molar-refractivity contribution in [2.24, 2.45) is 0 Å². The second-order valence-electron chi connectivity index (χ2n) is 7.16. The molecular formula is C22H22N4O3. The maximum atomic E-state index is 12.6. The molecule has 29 heavy (non-hydrogen) atoms. The summed E-state index contributed by atoms with van der Waals surface area (Å²) in [5.41, 5.74) is 2.11. The number of aryl methyl sites for hydroxylation is 2. The van der Waals surface area contributed by atoms with Crippen LogP contribution in [0.1, 0.15) is 40.3 Å². The minimum Gasteiger partial charge on any atom is -0.379 e. The molecule has 7 nitrogen and oxygen atoms in total. The van der Waals surface area contributed by atoms with Gasteiger partial charge >= 0.3 is 0 Å². The van der Waals surface area contributed by atoms with Gasteiger partial charge in [-0.3, -0.25) is 14.9 Å². The number of ketones is 1. The second-order valence-corrected chi connectivity index (χ2v) is 7.16. The van der Waals surface area contributed by atoms with Crippen LogP contribution in [0.2, 0.25) is 0 Å². The molecule has 0 radical (unpaired) electrons. The summed E-state index contributed by atoms with van der Waals surface area (Å²) in [5.74, 6) is 0.893. The smallest absolute Gasteiger partial charge is 0.293 e. The molecule has 0 aliphatic carbocycles. The first-order valence-electron chi connectivity index (χ1n) is 9.79. The zero-order valence-electron chi connectivity index (χ0n) is 16.0. The average molecular weight is 390 g/mol. The van der Waals surface area contributed by atoms with Crippen LogP contribution in [0, 0.1) is 10.1 Å². The summed E-state index contributed by atoms with van der Waals surface area (Å²) >= 11 is 0. The number of carbonyl (C=O) groups is 1. The molecule has 0 amide bonds. The highest BCUT2D eigenvalue weighted by molar-refractivity contribution is 6.09. The molecule has 0 fully saturated rings. The van der Waals surface area contributed by atoms with E-state index >= 15 is 0 Å². The number of nitrogens with one attached hydrogen (secondary N) is 1. The molecule has 0 bridgehead atoms. The lowest BCUT2D eigenvalue weighted by molar-refractivity contribution is -0.384. The van der Waals surface area contributed by atoms with E-state index in [1.807, 2.05) is 6.07 Å². The molecule has 1 aliphatic heterocycles. The first-order valence-corrected chi connectivity index (χ1v) is 9.79. The predicted octanol–water partition coefficient (Wildman–Crippen LogP) is 4.01. The second kappa shape index (κ2) is 8.26. The number of benzene rings is 2. The van der Waals surface area contributed by atoms with Crippen LogP contribution < -0.4 is 5.32 Å². The monoisotopic (exact) mass is 390 g/mol. The van der Waals surface area contributed by atoms with Crippen molar-refractivity contribution in [3.8, 4) is 0 Å². The molecule has 0 saturated carbocycles. The topological polar surface area (TPSA) is 90.1 Å². The predicted molar refractivity (Wildman–Crippen MR) is 110 cm³/mol. The Kier molecular flexibility index (Phi) is 5.37. The van der Waals surface area contributed by atoms with Crippen LogP contribution in [0.25, 0.3) is 0 Å². The third kappa shape index (κ3) is 4.18. The number of hydrogen-bond acceptors (Lipinski definition) is 5. The number of carbonyl (C=O) groups excluding carboxylic acids is 1. The number of anilines is 1. The van der Waals surface area contributed by atoms with Gasteiger partial charge in [-0.25, -0.2) is 4.98 Å². The fourth-order valence-electron chi connectivity index (χ4n) is 3.65. The zero-order chi connectivity index (χ0) is 20.2. The van der Waals surface area contributed by atoms with Gasteiger partial charge in [-0.2, -0.15) is 0 Å². The number of hydrogen-bond donors (Lipinski definition) is 1. The Hall–Kier alpha value is -3.48. The molecule has 1 N–H and O–H groups in total. The van der Waals surface area contributed by atoms with Crippen LogP contribution in [0.5, 0.6) is 0 Å². The van der Waals surface area contributed by atoms with E-state index < -0.39 is 4.92 Å². The average Bonchev–Trinajstić information content (AvgIpc) is 3.16. The third-order valence-corrected chi connectivity index (χ3v) is 5.15. The number of aromatic nitrogens is 2. The quantitative estimate of drug-likeness (QED) is 0.374. The fourth-order valence-corrected chi connectivity index (χ4v) is 3.65. The van der Waals surface area contributed by atoms with Crippen LogP contribution in [0.4, 0.5) is 11.4 Å². The Morgan fingerprint density at radius 2 is 1.97 bits per heavy atom. The van der Waals surface area contributed by atoms with Gasteiger partial charge in [0.25, 0.3) is 5.69 Å². The van der Waals surface area contributed by atoms with Crippen molar-refractivity contribution >= 4 is 17.2 Å². The highest BCUT2D eigenvalue weighted by atomic mass is 16.6. The summed E-state index contributed by atoms with van der Waals surface area (Å²) < 4.78 is 2.20. The number of nitro benzene ring substituents is 1. The van der Waals surface area contributed by atoms with Gasteiger partial charge in [0.1, 0.15) is 11.5 Å². The third-order valence-electron chi connectivity index (χ3n) is 5.15. The Balaban J connectivity index is 1.46. The van der Waals surface area contributed by atoms with E-state index in [1.165, 1.54) is 18.9 Å². The molecule has 7 heteroatoms. The molecular weight excluding hydrogens is 368 g/mol. The van der Waals surface area contributed by atoms with Gasteiger partial charge in [-0.05, 0) is 25.0 Å². The van der Waals surface area contributed by atoms with Crippen LogP contribution in [0.15, 0.2) is 54.7 Å². The molecule has 2 aromatic carbocycles. The minimum absolute atomic E-state index is 0.101. The van der Waals surface area contributed by atoms with Gasteiger partial charge in [-0.1, -0.05) is 30.3 Å². The molecule has 3 aromatic rings. The van der Waals surface area contributed by atoms with Gasteiger partial charge in [0.15, 0.2) is 5.78 Å². The number of nitrogens with zero attached hydrogens (tertiary/aromatic N) is 3. The van der Waals surface area contributed by atoms with Crippen LogP contribution in [0.3, 0.4) is 0 Å². The van der Waals surface area contributed by atoms with E-state index in [1.54, 1.807) is 36.4 Å². The zero-order valence-corrected chi connectivity index (χ0v) is 16.0. The lowest BCUT2D eigenvalue weighted by Gasteiger charge is -2.11. The number of imidazole rings is 1. The Labute approximate surface area is 168 Å². The van der Waals surface area contributed by atoms with Crippen LogP contribution in [-0.2, 0) is 19.4 Å². The first kappa shape index (κ1) is 18.9. The van der Waals surface area contributed by atoms with Gasteiger partial charge in [0.05, 0.1) is 10.6 Å². The summed E-state index contributed by atoms with van der Waals surface area (Å²) in [7, 11) is 0. The van der Waals surface area contributed by atoms with Gasteiger partial charge in [-0.15, -0.1) is 0 Å². The van der Waals surface area contributed by atoms with E-state index in [0.29, 0.717) is 29.8 Å². The van der Waals surface area contributed by atoms with E-state index in [4.69, 9.17) is 0 Å². The Morgan fingerprint density at radius 3 is 2.72 bits per heavy atom. The van der Waals surface area contributed by atoms with Crippen molar-refractivity contribution in [3.63, 3.8) is 0 Å². The molecule has 0 spiro atoms. The maximum absolute atomic E-state index is 12.6. The van der Waals surface area contributed by atoms with Crippen molar-refractivity contribution < 1.29 is 9.72 Å². The maximum Gasteiger partial charge on any atom is 0.293 e. The standard InChI is InChI=1S/C22H22N4O3/c27-22(16-6-2-1-3-7-16)17-9-10-19(20(14-17)26(28)29)23-12-11-18-15-25-13-5-4-8-21(25)24-18/h1-3,6-7,9-10,14-15,23H,4-5,8,11-13H2. The van der Waals surface area contributed by atoms with Crippen molar-refractivity contribution in [1.82, 2.24) is 9.55 Å². The lowest BCUT2D eigenvalue weighted by Crippen LogP contribution is -2.09. The van der Waals surface area contributed by atoms with E-state index in [-0.39, 0.29) is 11.5 Å². The molecule has 4 rings (SSSR count). The molecule has 0 saturated heterocycles. The van der Waals surface area contributed by atoms with Crippen molar-refractivity contribution in [3.05, 3.63) is 87.5 Å². The Morgan fingerprint density at radius 1 is 1.14 bits per heavy atom. The molecule has 1 aromatic heterocycles. The normalized spacial score (nSPS) is 13.0. The summed E-state index contributed by atoms with van der Waals surface area (Å²) in [6.45, 7) is 1.54. The summed E-state index contributed by atoms with van der Waals surface area (Å²) in [4.78, 5) is 28.3. The van der Waals surface area contributed by atoms with Gasteiger partial charge < -0.3 is 9.88 Å². The molecule has 1 aliphatic rings.